The van der Waals surface area contributed by atoms with Crippen LogP contribution in [0.2, 0.25) is 0 Å². The molecule has 0 bridgehead atoms. The molecule has 1 heterocycles. The number of nitrogens with zero attached hydrogens (tertiary/aromatic N) is 2. The van der Waals surface area contributed by atoms with Gasteiger partial charge in [0.15, 0.2) is 5.96 Å². The zero-order valence-corrected chi connectivity index (χ0v) is 15.7. The quantitative estimate of drug-likeness (QED) is 0.438. The fourth-order valence-electron chi connectivity index (χ4n) is 2.38. The van der Waals surface area contributed by atoms with E-state index in [1.165, 1.54) is 5.56 Å². The second kappa shape index (κ2) is 10.0. The zero-order valence-electron chi connectivity index (χ0n) is 13.4. The van der Waals surface area contributed by atoms with Crippen LogP contribution in [-0.4, -0.2) is 49.7 Å². The highest BCUT2D eigenvalue weighted by atomic mass is 127. The summed E-state index contributed by atoms with van der Waals surface area (Å²) in [7, 11) is 0. The largest absolute Gasteiger partial charge is 0.379 e. The number of anilines is 1. The Hall–Kier alpha value is -0.860. The molecule has 22 heavy (non-hydrogen) atoms. The lowest BCUT2D eigenvalue weighted by atomic mass is 10.1. The minimum Gasteiger partial charge on any atom is -0.379 e. The number of halogens is 1. The second-order valence-electron chi connectivity index (χ2n) is 5.40. The van der Waals surface area contributed by atoms with E-state index in [9.17, 15) is 0 Å². The van der Waals surface area contributed by atoms with Crippen molar-refractivity contribution >= 4 is 35.6 Å². The lowest BCUT2D eigenvalue weighted by Gasteiger charge is -2.31. The van der Waals surface area contributed by atoms with Crippen LogP contribution < -0.4 is 11.1 Å². The van der Waals surface area contributed by atoms with Gasteiger partial charge in [-0.05, 0) is 31.0 Å². The molecule has 124 valence electrons. The zero-order chi connectivity index (χ0) is 15.1. The minimum absolute atomic E-state index is 0. The molecule has 1 unspecified atom stereocenters. The van der Waals surface area contributed by atoms with Crippen LogP contribution in [0.5, 0.6) is 0 Å². The van der Waals surface area contributed by atoms with E-state index in [1.807, 2.05) is 12.1 Å². The van der Waals surface area contributed by atoms with Crippen molar-refractivity contribution in [1.82, 2.24) is 4.90 Å². The highest BCUT2D eigenvalue weighted by molar-refractivity contribution is 14.0. The Labute approximate surface area is 150 Å². The molecule has 0 aliphatic carbocycles. The molecule has 0 amide bonds. The SMILES string of the molecule is CCc1ccc(NC(N)=NCC(C)N2CCOCC2)cc1.I. The molecule has 1 saturated heterocycles. The molecule has 0 aromatic heterocycles. The van der Waals surface area contributed by atoms with Gasteiger partial charge in [0, 0.05) is 24.8 Å². The van der Waals surface area contributed by atoms with Crippen LogP contribution in [0.4, 0.5) is 5.69 Å². The minimum atomic E-state index is 0. The highest BCUT2D eigenvalue weighted by Crippen LogP contribution is 2.09. The lowest BCUT2D eigenvalue weighted by Crippen LogP contribution is -2.43. The van der Waals surface area contributed by atoms with Crippen LogP contribution in [0.25, 0.3) is 0 Å². The molecule has 1 atom stereocenters. The Bertz CT molecular complexity index is 458. The van der Waals surface area contributed by atoms with Gasteiger partial charge in [-0.15, -0.1) is 24.0 Å². The molecule has 1 aliphatic heterocycles. The van der Waals surface area contributed by atoms with E-state index in [0.29, 0.717) is 18.5 Å². The number of hydrogen-bond acceptors (Lipinski definition) is 3. The van der Waals surface area contributed by atoms with E-state index < -0.39 is 0 Å². The van der Waals surface area contributed by atoms with E-state index in [1.54, 1.807) is 0 Å². The number of hydrogen-bond donors (Lipinski definition) is 2. The van der Waals surface area contributed by atoms with Crippen molar-refractivity contribution in [2.75, 3.05) is 38.2 Å². The summed E-state index contributed by atoms with van der Waals surface area (Å²) in [6.45, 7) is 8.59. The molecule has 1 aromatic rings. The molecular formula is C16H27IN4O. The van der Waals surface area contributed by atoms with Crippen molar-refractivity contribution in [2.24, 2.45) is 10.7 Å². The summed E-state index contributed by atoms with van der Waals surface area (Å²) in [5, 5.41) is 3.14. The Balaban J connectivity index is 0.00000242. The van der Waals surface area contributed by atoms with Crippen molar-refractivity contribution in [3.8, 4) is 0 Å². The summed E-state index contributed by atoms with van der Waals surface area (Å²) in [4.78, 5) is 6.82. The summed E-state index contributed by atoms with van der Waals surface area (Å²) in [5.41, 5.74) is 8.25. The first-order valence-electron chi connectivity index (χ1n) is 7.66. The van der Waals surface area contributed by atoms with Crippen molar-refractivity contribution in [2.45, 2.75) is 26.3 Å². The number of morpholine rings is 1. The summed E-state index contributed by atoms with van der Waals surface area (Å²) < 4.78 is 5.36. The normalized spacial score (nSPS) is 17.6. The van der Waals surface area contributed by atoms with E-state index in [0.717, 1.165) is 38.4 Å². The predicted molar refractivity (Wildman–Crippen MR) is 103 cm³/mol. The summed E-state index contributed by atoms with van der Waals surface area (Å²) >= 11 is 0. The first-order valence-corrected chi connectivity index (χ1v) is 7.66. The van der Waals surface area contributed by atoms with E-state index in [4.69, 9.17) is 10.5 Å². The number of aryl methyl sites for hydroxylation is 1. The molecular weight excluding hydrogens is 391 g/mol. The molecule has 0 spiro atoms. The smallest absolute Gasteiger partial charge is 0.193 e. The Morgan fingerprint density at radius 3 is 2.55 bits per heavy atom. The molecule has 1 fully saturated rings. The number of aliphatic imine (C=N–C) groups is 1. The van der Waals surface area contributed by atoms with Crippen molar-refractivity contribution in [3.63, 3.8) is 0 Å². The molecule has 3 N–H and O–H groups in total. The van der Waals surface area contributed by atoms with Gasteiger partial charge in [0.1, 0.15) is 0 Å². The fraction of sp³-hybridized carbons (Fsp3) is 0.562. The average molecular weight is 418 g/mol. The van der Waals surface area contributed by atoms with Gasteiger partial charge < -0.3 is 15.8 Å². The van der Waals surface area contributed by atoms with Crippen molar-refractivity contribution in [3.05, 3.63) is 29.8 Å². The molecule has 2 rings (SSSR count). The Morgan fingerprint density at radius 2 is 1.95 bits per heavy atom. The standard InChI is InChI=1S/C16H26N4O.HI/c1-3-14-4-6-15(7-5-14)19-16(17)18-12-13(2)20-8-10-21-11-9-20;/h4-7,13H,3,8-12H2,1-2H3,(H3,17,18,19);1H. The van der Waals surface area contributed by atoms with Crippen LogP contribution in [0.3, 0.4) is 0 Å². The van der Waals surface area contributed by atoms with Gasteiger partial charge >= 0.3 is 0 Å². The van der Waals surface area contributed by atoms with Gasteiger partial charge in [-0.1, -0.05) is 19.1 Å². The number of nitrogens with two attached hydrogens (primary N) is 1. The molecule has 1 aromatic carbocycles. The fourth-order valence-corrected chi connectivity index (χ4v) is 2.38. The molecule has 0 saturated carbocycles. The second-order valence-corrected chi connectivity index (χ2v) is 5.40. The van der Waals surface area contributed by atoms with Gasteiger partial charge in [0.25, 0.3) is 0 Å². The van der Waals surface area contributed by atoms with Crippen LogP contribution in [0.15, 0.2) is 29.3 Å². The third-order valence-corrected chi connectivity index (χ3v) is 3.83. The summed E-state index contributed by atoms with van der Waals surface area (Å²) in [6.07, 6.45) is 1.04. The van der Waals surface area contributed by atoms with Gasteiger partial charge in [-0.2, -0.15) is 0 Å². The molecule has 1 aliphatic rings. The van der Waals surface area contributed by atoms with Crippen LogP contribution in [-0.2, 0) is 11.2 Å². The average Bonchev–Trinajstić information content (AvgIpc) is 2.54. The molecule has 6 heteroatoms. The predicted octanol–water partition coefficient (Wildman–Crippen LogP) is 2.31. The summed E-state index contributed by atoms with van der Waals surface area (Å²) in [6, 6.07) is 8.66. The lowest BCUT2D eigenvalue weighted by molar-refractivity contribution is 0.0221. The van der Waals surface area contributed by atoms with Crippen molar-refractivity contribution in [1.29, 1.82) is 0 Å². The van der Waals surface area contributed by atoms with Gasteiger partial charge in [-0.3, -0.25) is 9.89 Å². The first-order chi connectivity index (χ1) is 10.2. The highest BCUT2D eigenvalue weighted by Gasteiger charge is 2.16. The van der Waals surface area contributed by atoms with Gasteiger partial charge in [0.2, 0.25) is 0 Å². The van der Waals surface area contributed by atoms with Crippen molar-refractivity contribution < 1.29 is 4.74 Å². The van der Waals surface area contributed by atoms with E-state index in [2.05, 4.69) is 41.2 Å². The number of benzene rings is 1. The number of nitrogens with one attached hydrogen (secondary N) is 1. The first kappa shape index (κ1) is 19.2. The third kappa shape index (κ3) is 6.10. The maximum atomic E-state index is 5.95. The monoisotopic (exact) mass is 418 g/mol. The third-order valence-electron chi connectivity index (χ3n) is 3.83. The van der Waals surface area contributed by atoms with Crippen LogP contribution >= 0.6 is 24.0 Å². The molecule has 5 nitrogen and oxygen atoms in total. The summed E-state index contributed by atoms with van der Waals surface area (Å²) in [5.74, 6) is 0.472. The van der Waals surface area contributed by atoms with Gasteiger partial charge in [0.05, 0.1) is 19.8 Å². The van der Waals surface area contributed by atoms with Crippen LogP contribution in [0, 0.1) is 0 Å². The van der Waals surface area contributed by atoms with E-state index in [-0.39, 0.29) is 24.0 Å². The number of guanidine groups is 1. The number of ether oxygens (including phenoxy) is 1. The Kier molecular flexibility index (Phi) is 8.74. The maximum absolute atomic E-state index is 5.95. The number of rotatable bonds is 5. The topological polar surface area (TPSA) is 62.9 Å². The van der Waals surface area contributed by atoms with E-state index >= 15 is 0 Å². The maximum Gasteiger partial charge on any atom is 0.193 e. The van der Waals surface area contributed by atoms with Gasteiger partial charge in [-0.25, -0.2) is 0 Å². The van der Waals surface area contributed by atoms with Crippen LogP contribution in [0.1, 0.15) is 19.4 Å². The molecule has 0 radical (unpaired) electrons. The Morgan fingerprint density at radius 1 is 1.32 bits per heavy atom.